The molecule has 1 aromatic carbocycles. The summed E-state index contributed by atoms with van der Waals surface area (Å²) < 4.78 is 23.8. The molecule has 0 aromatic heterocycles. The molecule has 88 valence electrons. The van der Waals surface area contributed by atoms with Gasteiger partial charge < -0.3 is 11.5 Å². The van der Waals surface area contributed by atoms with E-state index in [9.17, 15) is 13.2 Å². The van der Waals surface area contributed by atoms with Crippen molar-refractivity contribution in [2.24, 2.45) is 5.73 Å². The van der Waals surface area contributed by atoms with Gasteiger partial charge in [0.05, 0.1) is 11.9 Å². The van der Waals surface area contributed by atoms with Crippen LogP contribution in [0.25, 0.3) is 0 Å². The first-order chi connectivity index (χ1) is 7.30. The van der Waals surface area contributed by atoms with E-state index in [4.69, 9.17) is 11.5 Å². The van der Waals surface area contributed by atoms with E-state index in [1.165, 1.54) is 12.1 Å². The zero-order valence-corrected chi connectivity index (χ0v) is 9.57. The minimum atomic E-state index is -3.53. The van der Waals surface area contributed by atoms with Crippen LogP contribution in [0.2, 0.25) is 0 Å². The molecule has 0 aliphatic heterocycles. The Morgan fingerprint density at radius 3 is 2.19 bits per heavy atom. The maximum absolute atomic E-state index is 11.4. The van der Waals surface area contributed by atoms with E-state index in [0.29, 0.717) is 11.4 Å². The first-order valence-corrected chi connectivity index (χ1v) is 6.27. The Kier molecular flexibility index (Phi) is 3.38. The maximum atomic E-state index is 11.4. The summed E-state index contributed by atoms with van der Waals surface area (Å²) in [7, 11) is -3.53. The average molecular weight is 243 g/mol. The fourth-order valence-electron chi connectivity index (χ4n) is 1.18. The second-order valence-corrected chi connectivity index (χ2v) is 5.23. The lowest BCUT2D eigenvalue weighted by atomic mass is 10.3. The van der Waals surface area contributed by atoms with Crippen LogP contribution in [-0.2, 0) is 14.8 Å². The first kappa shape index (κ1) is 12.3. The van der Waals surface area contributed by atoms with E-state index >= 15 is 0 Å². The van der Waals surface area contributed by atoms with Crippen molar-refractivity contribution in [3.8, 4) is 0 Å². The van der Waals surface area contributed by atoms with Crippen LogP contribution in [-0.4, -0.2) is 27.1 Å². The number of nitrogen functional groups attached to an aromatic ring is 1. The largest absolute Gasteiger partial charge is 0.399 e. The van der Waals surface area contributed by atoms with Crippen LogP contribution >= 0.6 is 0 Å². The SMILES string of the molecule is CS(=O)(=O)N(CC(N)=O)c1ccc(N)cc1. The van der Waals surface area contributed by atoms with Gasteiger partial charge in [0.1, 0.15) is 6.54 Å². The number of anilines is 2. The predicted molar refractivity (Wildman–Crippen MR) is 62.2 cm³/mol. The van der Waals surface area contributed by atoms with E-state index < -0.39 is 15.9 Å². The molecule has 7 heteroatoms. The number of hydrogen-bond acceptors (Lipinski definition) is 4. The van der Waals surface area contributed by atoms with Crippen LogP contribution in [0.4, 0.5) is 11.4 Å². The summed E-state index contributed by atoms with van der Waals surface area (Å²) in [5.41, 5.74) is 11.3. The van der Waals surface area contributed by atoms with Crippen LogP contribution in [0, 0.1) is 0 Å². The molecule has 0 fully saturated rings. The molecule has 0 aliphatic carbocycles. The summed E-state index contributed by atoms with van der Waals surface area (Å²) >= 11 is 0. The van der Waals surface area contributed by atoms with Crippen LogP contribution < -0.4 is 15.8 Å². The highest BCUT2D eigenvalue weighted by Gasteiger charge is 2.19. The normalized spacial score (nSPS) is 11.1. The molecule has 0 atom stereocenters. The number of carbonyl (C=O) groups excluding carboxylic acids is 1. The summed E-state index contributed by atoms with van der Waals surface area (Å²) in [4.78, 5) is 10.8. The molecule has 6 nitrogen and oxygen atoms in total. The number of primary amides is 1. The predicted octanol–water partition coefficient (Wildman–Crippen LogP) is -0.480. The second kappa shape index (κ2) is 4.40. The molecule has 1 aromatic rings. The number of nitrogens with zero attached hydrogens (tertiary/aromatic N) is 1. The van der Waals surface area contributed by atoms with E-state index in [1.54, 1.807) is 12.1 Å². The fraction of sp³-hybridized carbons (Fsp3) is 0.222. The Morgan fingerprint density at radius 1 is 1.31 bits per heavy atom. The van der Waals surface area contributed by atoms with Gasteiger partial charge in [0, 0.05) is 5.69 Å². The molecule has 4 N–H and O–H groups in total. The Labute approximate surface area is 93.9 Å². The smallest absolute Gasteiger partial charge is 0.238 e. The molecule has 1 rings (SSSR count). The molecule has 0 saturated carbocycles. The molecule has 0 spiro atoms. The molecule has 0 bridgehead atoms. The van der Waals surface area contributed by atoms with E-state index in [0.717, 1.165) is 10.6 Å². The number of rotatable bonds is 4. The fourth-order valence-corrected chi connectivity index (χ4v) is 2.05. The number of carbonyl (C=O) groups is 1. The standard InChI is InChI=1S/C9H13N3O3S/c1-16(14,15)12(6-9(11)13)8-4-2-7(10)3-5-8/h2-5H,6,10H2,1H3,(H2,11,13). The van der Waals surface area contributed by atoms with Gasteiger partial charge in [-0.3, -0.25) is 9.10 Å². The van der Waals surface area contributed by atoms with E-state index in [1.807, 2.05) is 0 Å². The van der Waals surface area contributed by atoms with Crippen molar-refractivity contribution in [2.45, 2.75) is 0 Å². The highest BCUT2D eigenvalue weighted by Crippen LogP contribution is 2.18. The lowest BCUT2D eigenvalue weighted by molar-refractivity contribution is -0.116. The zero-order chi connectivity index (χ0) is 12.3. The topological polar surface area (TPSA) is 106 Å². The lowest BCUT2D eigenvalue weighted by Crippen LogP contribution is -2.37. The summed E-state index contributed by atoms with van der Waals surface area (Å²) in [5, 5.41) is 0. The third kappa shape index (κ3) is 3.13. The van der Waals surface area contributed by atoms with Crippen molar-refractivity contribution < 1.29 is 13.2 Å². The number of sulfonamides is 1. The Hall–Kier alpha value is -1.76. The molecular weight excluding hydrogens is 230 g/mol. The van der Waals surface area contributed by atoms with Gasteiger partial charge in [-0.15, -0.1) is 0 Å². The number of nitrogens with two attached hydrogens (primary N) is 2. The Balaban J connectivity index is 3.11. The van der Waals surface area contributed by atoms with Gasteiger partial charge in [0.25, 0.3) is 0 Å². The van der Waals surface area contributed by atoms with Gasteiger partial charge in [0.2, 0.25) is 15.9 Å². The first-order valence-electron chi connectivity index (χ1n) is 4.42. The summed E-state index contributed by atoms with van der Waals surface area (Å²) in [5.74, 6) is -0.720. The maximum Gasteiger partial charge on any atom is 0.238 e. The second-order valence-electron chi connectivity index (χ2n) is 3.33. The summed E-state index contributed by atoms with van der Waals surface area (Å²) in [6, 6.07) is 6.13. The lowest BCUT2D eigenvalue weighted by Gasteiger charge is -2.20. The molecule has 0 heterocycles. The van der Waals surface area contributed by atoms with Gasteiger partial charge >= 0.3 is 0 Å². The van der Waals surface area contributed by atoms with Gasteiger partial charge in [-0.25, -0.2) is 8.42 Å². The van der Waals surface area contributed by atoms with Crippen LogP contribution in [0.5, 0.6) is 0 Å². The Morgan fingerprint density at radius 2 is 1.81 bits per heavy atom. The van der Waals surface area contributed by atoms with Crippen molar-refractivity contribution >= 4 is 27.3 Å². The van der Waals surface area contributed by atoms with Crippen molar-refractivity contribution in [1.82, 2.24) is 0 Å². The quantitative estimate of drug-likeness (QED) is 0.696. The molecular formula is C9H13N3O3S. The van der Waals surface area contributed by atoms with Crippen LogP contribution in [0.1, 0.15) is 0 Å². The summed E-state index contributed by atoms with van der Waals surface area (Å²) in [6.07, 6.45) is 1.01. The minimum absolute atomic E-state index is 0.357. The highest BCUT2D eigenvalue weighted by molar-refractivity contribution is 7.92. The van der Waals surface area contributed by atoms with Crippen molar-refractivity contribution in [3.05, 3.63) is 24.3 Å². The third-order valence-electron chi connectivity index (χ3n) is 1.88. The van der Waals surface area contributed by atoms with Gasteiger partial charge in [-0.2, -0.15) is 0 Å². The van der Waals surface area contributed by atoms with Crippen LogP contribution in [0.3, 0.4) is 0 Å². The zero-order valence-electron chi connectivity index (χ0n) is 8.75. The Bertz CT molecular complexity index is 481. The minimum Gasteiger partial charge on any atom is -0.399 e. The van der Waals surface area contributed by atoms with Crippen molar-refractivity contribution in [3.63, 3.8) is 0 Å². The molecule has 1 amide bonds. The highest BCUT2D eigenvalue weighted by atomic mass is 32.2. The summed E-state index contributed by atoms with van der Waals surface area (Å²) in [6.45, 7) is -0.386. The number of hydrogen-bond donors (Lipinski definition) is 2. The van der Waals surface area contributed by atoms with Gasteiger partial charge in [-0.05, 0) is 24.3 Å². The molecule has 0 aliphatic rings. The molecule has 0 radical (unpaired) electrons. The monoisotopic (exact) mass is 243 g/mol. The molecule has 0 saturated heterocycles. The number of amides is 1. The van der Waals surface area contributed by atoms with E-state index in [-0.39, 0.29) is 6.54 Å². The van der Waals surface area contributed by atoms with Gasteiger partial charge in [0.15, 0.2) is 0 Å². The van der Waals surface area contributed by atoms with E-state index in [2.05, 4.69) is 0 Å². The van der Waals surface area contributed by atoms with Crippen LogP contribution in [0.15, 0.2) is 24.3 Å². The molecule has 0 unspecified atom stereocenters. The average Bonchev–Trinajstić information content (AvgIpc) is 2.14. The molecule has 16 heavy (non-hydrogen) atoms. The number of benzene rings is 1. The van der Waals surface area contributed by atoms with Gasteiger partial charge in [-0.1, -0.05) is 0 Å². The van der Waals surface area contributed by atoms with Crippen molar-refractivity contribution in [1.29, 1.82) is 0 Å². The third-order valence-corrected chi connectivity index (χ3v) is 3.02. The van der Waals surface area contributed by atoms with Crippen molar-refractivity contribution in [2.75, 3.05) is 22.8 Å².